The van der Waals surface area contributed by atoms with Crippen molar-refractivity contribution in [3.63, 3.8) is 0 Å². The molecule has 1 aromatic heterocycles. The molecule has 0 aliphatic rings. The number of H-pyrrole nitrogens is 1. The Morgan fingerprint density at radius 2 is 2.19 bits per heavy atom. The maximum Gasteiger partial charge on any atom is 0.323 e. The normalized spacial score (nSPS) is 11.2. The first-order chi connectivity index (χ1) is 7.35. The number of carboxylic acid groups (broad SMARTS) is 1. The van der Waals surface area contributed by atoms with Gasteiger partial charge in [0.2, 0.25) is 0 Å². The summed E-state index contributed by atoms with van der Waals surface area (Å²) in [5, 5.41) is 8.80. The van der Waals surface area contributed by atoms with Gasteiger partial charge in [-0.15, -0.1) is 0 Å². The quantitative estimate of drug-likeness (QED) is 0.587. The number of nitrogens with one attached hydrogen (secondary N) is 1. The Morgan fingerprint density at radius 1 is 1.56 bits per heavy atom. The summed E-state index contributed by atoms with van der Waals surface area (Å²) in [4.78, 5) is 29.0. The number of rotatable bonds is 4. The first-order valence-electron chi connectivity index (χ1n) is 4.75. The number of imidazole rings is 1. The van der Waals surface area contributed by atoms with Crippen LogP contribution in [0.15, 0.2) is 6.33 Å². The third-order valence-corrected chi connectivity index (χ3v) is 2.32. The van der Waals surface area contributed by atoms with Crippen molar-refractivity contribution in [1.82, 2.24) is 9.97 Å². The number of carbonyl (C=O) groups is 2. The summed E-state index contributed by atoms with van der Waals surface area (Å²) in [6.45, 7) is 4.37. The van der Waals surface area contributed by atoms with Gasteiger partial charge in [0.05, 0.1) is 12.0 Å². The standard InChI is InChI=1S/C10H14N2O4/c1-6-7(12-5-11-6)4-16-9(15)10(2,3)8(13)14/h5H,4H2,1-3H3,(H,11,12)(H,13,14). The Morgan fingerprint density at radius 3 is 2.62 bits per heavy atom. The summed E-state index contributed by atoms with van der Waals surface area (Å²) in [7, 11) is 0. The number of hydrogen-bond donors (Lipinski definition) is 2. The van der Waals surface area contributed by atoms with E-state index in [1.165, 1.54) is 20.2 Å². The second-order valence-corrected chi connectivity index (χ2v) is 3.98. The van der Waals surface area contributed by atoms with Crippen molar-refractivity contribution in [3.8, 4) is 0 Å². The molecule has 0 fully saturated rings. The fourth-order valence-electron chi connectivity index (χ4n) is 0.934. The maximum atomic E-state index is 11.5. The predicted octanol–water partition coefficient (Wildman–Crippen LogP) is 0.872. The molecule has 1 heterocycles. The van der Waals surface area contributed by atoms with Crippen LogP contribution in [0.1, 0.15) is 25.2 Å². The smallest absolute Gasteiger partial charge is 0.323 e. The Hall–Kier alpha value is -1.85. The van der Waals surface area contributed by atoms with Gasteiger partial charge in [0.15, 0.2) is 5.41 Å². The number of nitrogens with zero attached hydrogens (tertiary/aromatic N) is 1. The Kier molecular flexibility index (Phi) is 3.31. The highest BCUT2D eigenvalue weighted by Gasteiger charge is 2.37. The van der Waals surface area contributed by atoms with Gasteiger partial charge in [0.1, 0.15) is 6.61 Å². The lowest BCUT2D eigenvalue weighted by atomic mass is 9.94. The van der Waals surface area contributed by atoms with E-state index in [9.17, 15) is 9.59 Å². The number of esters is 1. The molecule has 0 aromatic carbocycles. The van der Waals surface area contributed by atoms with Crippen LogP contribution in [0.25, 0.3) is 0 Å². The van der Waals surface area contributed by atoms with Crippen LogP contribution in [0.3, 0.4) is 0 Å². The van der Waals surface area contributed by atoms with Crippen molar-refractivity contribution in [1.29, 1.82) is 0 Å². The van der Waals surface area contributed by atoms with Crippen LogP contribution in [0, 0.1) is 12.3 Å². The molecule has 0 radical (unpaired) electrons. The van der Waals surface area contributed by atoms with Gasteiger partial charge >= 0.3 is 11.9 Å². The van der Waals surface area contributed by atoms with E-state index in [1.807, 2.05) is 0 Å². The monoisotopic (exact) mass is 226 g/mol. The first kappa shape index (κ1) is 12.2. The van der Waals surface area contributed by atoms with Gasteiger partial charge in [-0.25, -0.2) is 4.98 Å². The van der Waals surface area contributed by atoms with E-state index in [0.717, 1.165) is 5.69 Å². The van der Waals surface area contributed by atoms with Gasteiger partial charge < -0.3 is 14.8 Å². The second kappa shape index (κ2) is 4.34. The van der Waals surface area contributed by atoms with Gasteiger partial charge in [0, 0.05) is 5.69 Å². The van der Waals surface area contributed by atoms with Crippen molar-refractivity contribution < 1.29 is 19.4 Å². The molecule has 0 aliphatic carbocycles. The summed E-state index contributed by atoms with van der Waals surface area (Å²) in [6, 6.07) is 0. The number of aromatic nitrogens is 2. The van der Waals surface area contributed by atoms with E-state index in [4.69, 9.17) is 9.84 Å². The fraction of sp³-hybridized carbons (Fsp3) is 0.500. The third-order valence-electron chi connectivity index (χ3n) is 2.32. The molecular weight excluding hydrogens is 212 g/mol. The van der Waals surface area contributed by atoms with Crippen LogP contribution in [0.2, 0.25) is 0 Å². The molecule has 0 saturated carbocycles. The van der Waals surface area contributed by atoms with Gasteiger partial charge in [-0.1, -0.05) is 0 Å². The van der Waals surface area contributed by atoms with E-state index >= 15 is 0 Å². The number of aryl methyl sites for hydroxylation is 1. The Balaban J connectivity index is 2.60. The lowest BCUT2D eigenvalue weighted by Gasteiger charge is -2.16. The minimum Gasteiger partial charge on any atom is -0.480 e. The van der Waals surface area contributed by atoms with E-state index in [1.54, 1.807) is 6.92 Å². The van der Waals surface area contributed by atoms with Crippen molar-refractivity contribution in [2.24, 2.45) is 5.41 Å². The number of carbonyl (C=O) groups excluding carboxylic acids is 1. The highest BCUT2D eigenvalue weighted by atomic mass is 16.5. The second-order valence-electron chi connectivity index (χ2n) is 3.98. The summed E-state index contributed by atoms with van der Waals surface area (Å²) in [5.41, 5.74) is -0.153. The summed E-state index contributed by atoms with van der Waals surface area (Å²) in [5.74, 6) is -1.99. The molecule has 6 nitrogen and oxygen atoms in total. The SMILES string of the molecule is Cc1[nH]cnc1COC(=O)C(C)(C)C(=O)O. The summed E-state index contributed by atoms with van der Waals surface area (Å²) >= 11 is 0. The summed E-state index contributed by atoms with van der Waals surface area (Å²) in [6.07, 6.45) is 1.49. The molecule has 0 spiro atoms. The molecule has 0 saturated heterocycles. The predicted molar refractivity (Wildman–Crippen MR) is 54.5 cm³/mol. The fourth-order valence-corrected chi connectivity index (χ4v) is 0.934. The average molecular weight is 226 g/mol. The molecule has 0 bridgehead atoms. The third kappa shape index (κ3) is 2.39. The van der Waals surface area contributed by atoms with Crippen LogP contribution in [0.5, 0.6) is 0 Å². The first-order valence-corrected chi connectivity index (χ1v) is 4.75. The number of ether oxygens (including phenoxy) is 1. The molecule has 6 heteroatoms. The molecule has 0 amide bonds. The lowest BCUT2D eigenvalue weighted by Crippen LogP contribution is -2.34. The number of carboxylic acids is 1. The van der Waals surface area contributed by atoms with Gasteiger partial charge in [-0.05, 0) is 20.8 Å². The highest BCUT2D eigenvalue weighted by molar-refractivity contribution is 5.98. The molecule has 2 N–H and O–H groups in total. The van der Waals surface area contributed by atoms with Crippen molar-refractivity contribution in [3.05, 3.63) is 17.7 Å². The minimum absolute atomic E-state index is 0.0229. The number of aromatic amines is 1. The molecule has 88 valence electrons. The molecular formula is C10H14N2O4. The topological polar surface area (TPSA) is 92.3 Å². The van der Waals surface area contributed by atoms with E-state index in [2.05, 4.69) is 9.97 Å². The zero-order chi connectivity index (χ0) is 12.3. The Bertz CT molecular complexity index is 409. The van der Waals surface area contributed by atoms with Gasteiger partial charge in [-0.2, -0.15) is 0 Å². The maximum absolute atomic E-state index is 11.5. The van der Waals surface area contributed by atoms with E-state index < -0.39 is 17.4 Å². The van der Waals surface area contributed by atoms with Crippen LogP contribution < -0.4 is 0 Å². The van der Waals surface area contributed by atoms with Crippen molar-refractivity contribution in [2.75, 3.05) is 0 Å². The van der Waals surface area contributed by atoms with E-state index in [0.29, 0.717) is 5.69 Å². The van der Waals surface area contributed by atoms with Crippen LogP contribution in [0.4, 0.5) is 0 Å². The van der Waals surface area contributed by atoms with Crippen LogP contribution in [-0.4, -0.2) is 27.0 Å². The minimum atomic E-state index is -1.54. The van der Waals surface area contributed by atoms with Gasteiger partial charge in [-0.3, -0.25) is 9.59 Å². The Labute approximate surface area is 92.6 Å². The van der Waals surface area contributed by atoms with Crippen LogP contribution >= 0.6 is 0 Å². The van der Waals surface area contributed by atoms with E-state index in [-0.39, 0.29) is 6.61 Å². The molecule has 1 aromatic rings. The number of hydrogen-bond acceptors (Lipinski definition) is 4. The molecule has 0 aliphatic heterocycles. The highest BCUT2D eigenvalue weighted by Crippen LogP contribution is 2.18. The van der Waals surface area contributed by atoms with Crippen molar-refractivity contribution in [2.45, 2.75) is 27.4 Å². The summed E-state index contributed by atoms with van der Waals surface area (Å²) < 4.78 is 4.89. The zero-order valence-corrected chi connectivity index (χ0v) is 9.40. The zero-order valence-electron chi connectivity index (χ0n) is 9.40. The molecule has 16 heavy (non-hydrogen) atoms. The average Bonchev–Trinajstić information content (AvgIpc) is 2.60. The van der Waals surface area contributed by atoms with Crippen molar-refractivity contribution >= 4 is 11.9 Å². The van der Waals surface area contributed by atoms with Gasteiger partial charge in [0.25, 0.3) is 0 Å². The molecule has 0 atom stereocenters. The molecule has 0 unspecified atom stereocenters. The number of aliphatic carboxylic acids is 1. The molecule has 1 rings (SSSR count). The largest absolute Gasteiger partial charge is 0.480 e. The lowest BCUT2D eigenvalue weighted by molar-refractivity contribution is -0.167. The van der Waals surface area contributed by atoms with Crippen LogP contribution in [-0.2, 0) is 20.9 Å².